The van der Waals surface area contributed by atoms with Crippen molar-refractivity contribution in [2.24, 2.45) is 0 Å². The van der Waals surface area contributed by atoms with E-state index >= 15 is 0 Å². The highest BCUT2D eigenvalue weighted by molar-refractivity contribution is 5.95. The topological polar surface area (TPSA) is 88.3 Å². The summed E-state index contributed by atoms with van der Waals surface area (Å²) in [7, 11) is 0. The molecule has 7 nitrogen and oxygen atoms in total. The number of carbonyl (C=O) groups excluding carboxylic acids is 2. The fraction of sp³-hybridized carbons (Fsp3) is 0.290. The van der Waals surface area contributed by atoms with Crippen LogP contribution in [-0.2, 0) is 16.4 Å². The number of aryl methyl sites for hydroxylation is 1. The summed E-state index contributed by atoms with van der Waals surface area (Å²) in [5.74, 6) is 0.540. The van der Waals surface area contributed by atoms with Gasteiger partial charge in [-0.2, -0.15) is 18.2 Å². The highest BCUT2D eigenvalue weighted by Gasteiger charge is 2.44. The Kier molecular flexibility index (Phi) is 7.66. The van der Waals surface area contributed by atoms with Crippen LogP contribution in [0, 0.1) is 6.92 Å². The van der Waals surface area contributed by atoms with Crippen LogP contribution in [0.2, 0.25) is 0 Å². The molecule has 212 valence electrons. The van der Waals surface area contributed by atoms with E-state index in [-0.39, 0.29) is 11.8 Å². The van der Waals surface area contributed by atoms with Crippen molar-refractivity contribution in [2.45, 2.75) is 44.3 Å². The average molecular weight is 563 g/mol. The van der Waals surface area contributed by atoms with E-state index in [0.29, 0.717) is 54.3 Å². The number of carbonyl (C=O) groups is 2. The molecule has 1 unspecified atom stereocenters. The van der Waals surface area contributed by atoms with Crippen molar-refractivity contribution >= 4 is 11.8 Å². The molecule has 0 radical (unpaired) electrons. The monoisotopic (exact) mass is 562 g/mol. The number of nitrogens with zero attached hydrogens (tertiary/aromatic N) is 3. The fourth-order valence-electron chi connectivity index (χ4n) is 5.23. The molecular weight excluding hydrogens is 533 g/mol. The normalized spacial score (nSPS) is 15.8. The molecule has 1 aliphatic heterocycles. The maximum atomic E-state index is 13.8. The number of piperidine rings is 1. The van der Waals surface area contributed by atoms with Crippen molar-refractivity contribution in [1.82, 2.24) is 20.4 Å². The van der Waals surface area contributed by atoms with Crippen LogP contribution in [0.3, 0.4) is 0 Å². The summed E-state index contributed by atoms with van der Waals surface area (Å²) >= 11 is 0. The Morgan fingerprint density at radius 2 is 1.59 bits per heavy atom. The van der Waals surface area contributed by atoms with E-state index in [9.17, 15) is 22.8 Å². The Balaban J connectivity index is 1.30. The number of likely N-dealkylation sites (tertiary alicyclic amines) is 1. The predicted molar refractivity (Wildman–Crippen MR) is 146 cm³/mol. The van der Waals surface area contributed by atoms with Gasteiger partial charge in [0.15, 0.2) is 5.82 Å². The number of hydrogen-bond acceptors (Lipinski definition) is 5. The van der Waals surface area contributed by atoms with E-state index in [2.05, 4.69) is 15.5 Å². The van der Waals surface area contributed by atoms with Crippen LogP contribution in [0.15, 0.2) is 83.4 Å². The zero-order chi connectivity index (χ0) is 29.2. The third-order valence-corrected chi connectivity index (χ3v) is 7.66. The molecule has 0 spiro atoms. The summed E-state index contributed by atoms with van der Waals surface area (Å²) in [5, 5.41) is 6.81. The number of alkyl halides is 3. The van der Waals surface area contributed by atoms with Gasteiger partial charge in [0.1, 0.15) is 0 Å². The van der Waals surface area contributed by atoms with Gasteiger partial charge in [0.05, 0.1) is 17.0 Å². The first kappa shape index (κ1) is 28.1. The molecule has 5 rings (SSSR count). The number of halogens is 3. The number of amides is 2. The van der Waals surface area contributed by atoms with Crippen molar-refractivity contribution < 1.29 is 27.3 Å². The minimum atomic E-state index is -4.43. The van der Waals surface area contributed by atoms with E-state index in [1.54, 1.807) is 43.0 Å². The maximum Gasteiger partial charge on any atom is 0.416 e. The summed E-state index contributed by atoms with van der Waals surface area (Å²) in [4.78, 5) is 33.1. The van der Waals surface area contributed by atoms with Crippen LogP contribution in [0.25, 0.3) is 11.5 Å². The third kappa shape index (κ3) is 5.86. The molecule has 2 heterocycles. The van der Waals surface area contributed by atoms with Crippen molar-refractivity contribution in [3.8, 4) is 11.5 Å². The van der Waals surface area contributed by atoms with Crippen LogP contribution < -0.4 is 5.32 Å². The van der Waals surface area contributed by atoms with E-state index in [0.717, 1.165) is 17.7 Å². The lowest BCUT2D eigenvalue weighted by atomic mass is 9.71. The molecular formula is C31H29F3N4O3. The van der Waals surface area contributed by atoms with Crippen LogP contribution in [-0.4, -0.2) is 39.9 Å². The van der Waals surface area contributed by atoms with Gasteiger partial charge in [-0.1, -0.05) is 47.6 Å². The van der Waals surface area contributed by atoms with Gasteiger partial charge in [-0.05, 0) is 74.2 Å². The summed E-state index contributed by atoms with van der Waals surface area (Å²) in [6.45, 7) is 4.20. The standard InChI is InChI=1S/C31H29F3N4O3/c1-20(22-12-14-26(15-13-22)31(32,33)34)35-29(40)30(25-6-4-3-5-7-25)16-18-38(19-17-30)28(39)24-10-8-23(9-11-24)27-36-21(2)37-41-27/h3-15,20H,16-19H2,1-2H3,(H,35,40). The molecule has 2 amide bonds. The molecule has 1 aliphatic rings. The molecule has 10 heteroatoms. The van der Waals surface area contributed by atoms with E-state index in [1.165, 1.54) is 12.1 Å². The van der Waals surface area contributed by atoms with Crippen molar-refractivity contribution in [3.05, 3.63) is 107 Å². The highest BCUT2D eigenvalue weighted by Crippen LogP contribution is 2.37. The zero-order valence-corrected chi connectivity index (χ0v) is 22.6. The van der Waals surface area contributed by atoms with Gasteiger partial charge < -0.3 is 14.7 Å². The van der Waals surface area contributed by atoms with E-state index in [1.807, 2.05) is 30.3 Å². The second kappa shape index (κ2) is 11.2. The Labute approximate surface area is 235 Å². The van der Waals surface area contributed by atoms with Crippen molar-refractivity contribution in [3.63, 3.8) is 0 Å². The molecule has 0 bridgehead atoms. The van der Waals surface area contributed by atoms with Crippen LogP contribution in [0.4, 0.5) is 13.2 Å². The first-order valence-electron chi connectivity index (χ1n) is 13.3. The molecule has 1 N–H and O–H groups in total. The molecule has 1 saturated heterocycles. The second-order valence-corrected chi connectivity index (χ2v) is 10.3. The SMILES string of the molecule is Cc1noc(-c2ccc(C(=O)N3CCC(C(=O)NC(C)c4ccc(C(F)(F)F)cc4)(c4ccccc4)CC3)cc2)n1. The lowest BCUT2D eigenvalue weighted by Crippen LogP contribution is -2.53. The summed E-state index contributed by atoms with van der Waals surface area (Å²) in [6.07, 6.45) is -3.63. The fourth-order valence-corrected chi connectivity index (χ4v) is 5.23. The summed E-state index contributed by atoms with van der Waals surface area (Å²) in [6, 6.07) is 20.7. The molecule has 0 aliphatic carbocycles. The van der Waals surface area contributed by atoms with Gasteiger partial charge in [0, 0.05) is 24.2 Å². The molecule has 41 heavy (non-hydrogen) atoms. The largest absolute Gasteiger partial charge is 0.416 e. The van der Waals surface area contributed by atoms with Crippen LogP contribution in [0.1, 0.15) is 58.7 Å². The number of benzene rings is 3. The Morgan fingerprint density at radius 3 is 2.15 bits per heavy atom. The van der Waals surface area contributed by atoms with Crippen LogP contribution in [0.5, 0.6) is 0 Å². The third-order valence-electron chi connectivity index (χ3n) is 7.66. The summed E-state index contributed by atoms with van der Waals surface area (Å²) < 4.78 is 44.2. The lowest BCUT2D eigenvalue weighted by molar-refractivity contribution is -0.137. The predicted octanol–water partition coefficient (Wildman–Crippen LogP) is 6.12. The van der Waals surface area contributed by atoms with Gasteiger partial charge in [0.2, 0.25) is 5.91 Å². The average Bonchev–Trinajstić information content (AvgIpc) is 3.43. The van der Waals surface area contributed by atoms with E-state index in [4.69, 9.17) is 4.52 Å². The minimum absolute atomic E-state index is 0.140. The number of aromatic nitrogens is 2. The summed E-state index contributed by atoms with van der Waals surface area (Å²) in [5.41, 5.74) is 1.000. The van der Waals surface area contributed by atoms with Gasteiger partial charge in [-0.3, -0.25) is 9.59 Å². The molecule has 3 aromatic carbocycles. The number of hydrogen-bond donors (Lipinski definition) is 1. The van der Waals surface area contributed by atoms with Gasteiger partial charge in [-0.15, -0.1) is 0 Å². The highest BCUT2D eigenvalue weighted by atomic mass is 19.4. The minimum Gasteiger partial charge on any atom is -0.349 e. The zero-order valence-electron chi connectivity index (χ0n) is 22.6. The Bertz CT molecular complexity index is 1510. The van der Waals surface area contributed by atoms with Crippen molar-refractivity contribution in [1.29, 1.82) is 0 Å². The second-order valence-electron chi connectivity index (χ2n) is 10.3. The van der Waals surface area contributed by atoms with Gasteiger partial charge >= 0.3 is 6.18 Å². The van der Waals surface area contributed by atoms with E-state index < -0.39 is 23.2 Å². The Hall–Kier alpha value is -4.47. The molecule has 0 saturated carbocycles. The maximum absolute atomic E-state index is 13.8. The molecule has 1 aromatic heterocycles. The quantitative estimate of drug-likeness (QED) is 0.306. The molecule has 1 atom stereocenters. The first-order chi connectivity index (χ1) is 19.6. The lowest BCUT2D eigenvalue weighted by Gasteiger charge is -2.41. The van der Waals surface area contributed by atoms with Crippen LogP contribution >= 0.6 is 0 Å². The number of nitrogens with one attached hydrogen (secondary N) is 1. The molecule has 4 aromatic rings. The molecule has 1 fully saturated rings. The van der Waals surface area contributed by atoms with Gasteiger partial charge in [-0.25, -0.2) is 0 Å². The van der Waals surface area contributed by atoms with Gasteiger partial charge in [0.25, 0.3) is 11.8 Å². The Morgan fingerprint density at radius 1 is 0.951 bits per heavy atom. The number of rotatable bonds is 6. The van der Waals surface area contributed by atoms with Crippen molar-refractivity contribution in [2.75, 3.05) is 13.1 Å². The first-order valence-corrected chi connectivity index (χ1v) is 13.3. The smallest absolute Gasteiger partial charge is 0.349 e.